The predicted octanol–water partition coefficient (Wildman–Crippen LogP) is 5.35. The van der Waals surface area contributed by atoms with Gasteiger partial charge in [-0.15, -0.1) is 0 Å². The van der Waals surface area contributed by atoms with Crippen LogP contribution < -0.4 is 5.32 Å². The van der Waals surface area contributed by atoms with Crippen LogP contribution >= 0.6 is 0 Å². The molecule has 5 rings (SSSR count). The standard InChI is InChI=1S/C25H20F3N5O3/c26-25(27,28)22-20(12-33(32-22)19-7-4-16(13-34)5-8-19)30-23(35)21-14-36-24(31-21)17-9-10-29-18(11-17)6-3-15-1-2-15/h4-5,7-15H,1-3,6H2,(H,30,35). The molecule has 1 aromatic carbocycles. The number of aryl methyl sites for hydroxylation is 1. The average Bonchev–Trinajstić information content (AvgIpc) is 3.38. The molecule has 36 heavy (non-hydrogen) atoms. The molecule has 1 aliphatic rings. The first-order valence-electron chi connectivity index (χ1n) is 11.2. The molecular formula is C25H20F3N5O3. The Morgan fingerprint density at radius 1 is 1.19 bits per heavy atom. The van der Waals surface area contributed by atoms with Crippen molar-refractivity contribution in [3.05, 3.63) is 77.7 Å². The van der Waals surface area contributed by atoms with Gasteiger partial charge in [-0.25, -0.2) is 9.67 Å². The van der Waals surface area contributed by atoms with Crippen molar-refractivity contribution in [1.82, 2.24) is 19.7 Å². The van der Waals surface area contributed by atoms with Gasteiger partial charge in [-0.2, -0.15) is 18.3 Å². The Kier molecular flexibility index (Phi) is 6.13. The van der Waals surface area contributed by atoms with Crippen molar-refractivity contribution in [1.29, 1.82) is 0 Å². The van der Waals surface area contributed by atoms with E-state index in [0.29, 0.717) is 17.4 Å². The molecule has 1 fully saturated rings. The number of amides is 1. The topological polar surface area (TPSA) is 103 Å². The molecule has 11 heteroatoms. The summed E-state index contributed by atoms with van der Waals surface area (Å²) in [6, 6.07) is 9.30. The molecule has 0 spiro atoms. The summed E-state index contributed by atoms with van der Waals surface area (Å²) in [4.78, 5) is 32.1. The fourth-order valence-corrected chi connectivity index (χ4v) is 3.72. The lowest BCUT2D eigenvalue weighted by Gasteiger charge is -2.06. The molecule has 0 radical (unpaired) electrons. The first kappa shape index (κ1) is 23.5. The van der Waals surface area contributed by atoms with E-state index in [1.165, 1.54) is 37.1 Å². The molecule has 0 bridgehead atoms. The molecule has 0 saturated heterocycles. The summed E-state index contributed by atoms with van der Waals surface area (Å²) in [5.74, 6) is 0.0424. The first-order valence-corrected chi connectivity index (χ1v) is 11.2. The molecule has 3 aromatic heterocycles. The van der Waals surface area contributed by atoms with Gasteiger partial charge in [-0.3, -0.25) is 14.6 Å². The lowest BCUT2D eigenvalue weighted by Crippen LogP contribution is -2.16. The van der Waals surface area contributed by atoms with Crippen LogP contribution in [0.2, 0.25) is 0 Å². The van der Waals surface area contributed by atoms with Crippen LogP contribution in [0, 0.1) is 5.92 Å². The molecular weight excluding hydrogens is 475 g/mol. The molecule has 0 unspecified atom stereocenters. The Hall–Kier alpha value is -4.28. The summed E-state index contributed by atoms with van der Waals surface area (Å²) in [6.45, 7) is 0. The van der Waals surface area contributed by atoms with E-state index >= 15 is 0 Å². The summed E-state index contributed by atoms with van der Waals surface area (Å²) in [5.41, 5.74) is 0.158. The highest BCUT2D eigenvalue weighted by Crippen LogP contribution is 2.35. The predicted molar refractivity (Wildman–Crippen MR) is 123 cm³/mol. The Morgan fingerprint density at radius 3 is 2.67 bits per heavy atom. The van der Waals surface area contributed by atoms with Crippen molar-refractivity contribution < 1.29 is 27.2 Å². The molecule has 1 saturated carbocycles. The molecule has 0 atom stereocenters. The summed E-state index contributed by atoms with van der Waals surface area (Å²) in [5, 5.41) is 5.82. The minimum Gasteiger partial charge on any atom is -0.444 e. The van der Waals surface area contributed by atoms with Crippen LogP contribution in [0.1, 0.15) is 51.5 Å². The zero-order valence-corrected chi connectivity index (χ0v) is 18.8. The van der Waals surface area contributed by atoms with Gasteiger partial charge in [0.25, 0.3) is 5.91 Å². The van der Waals surface area contributed by atoms with E-state index in [0.717, 1.165) is 41.6 Å². The zero-order valence-electron chi connectivity index (χ0n) is 18.8. The number of aromatic nitrogens is 4. The van der Waals surface area contributed by atoms with Crippen molar-refractivity contribution in [2.45, 2.75) is 31.9 Å². The molecule has 1 N–H and O–H groups in total. The van der Waals surface area contributed by atoms with Gasteiger partial charge >= 0.3 is 6.18 Å². The monoisotopic (exact) mass is 495 g/mol. The van der Waals surface area contributed by atoms with Crippen molar-refractivity contribution in [3.8, 4) is 17.1 Å². The lowest BCUT2D eigenvalue weighted by molar-refractivity contribution is -0.140. The number of aldehydes is 1. The number of anilines is 1. The van der Waals surface area contributed by atoms with Gasteiger partial charge in [0, 0.05) is 23.0 Å². The Morgan fingerprint density at radius 2 is 1.97 bits per heavy atom. The highest BCUT2D eigenvalue weighted by molar-refractivity contribution is 6.03. The SMILES string of the molecule is O=Cc1ccc(-n2cc(NC(=O)c3coc(-c4ccnc(CCC5CC5)c4)n3)c(C(F)(F)F)n2)cc1. The van der Waals surface area contributed by atoms with E-state index in [-0.39, 0.29) is 17.3 Å². The van der Waals surface area contributed by atoms with E-state index in [1.807, 2.05) is 6.07 Å². The smallest absolute Gasteiger partial charge is 0.437 e. The molecule has 8 nitrogen and oxygen atoms in total. The molecule has 184 valence electrons. The maximum absolute atomic E-state index is 13.6. The normalized spacial score (nSPS) is 13.5. The van der Waals surface area contributed by atoms with E-state index in [1.54, 1.807) is 12.3 Å². The highest BCUT2D eigenvalue weighted by Gasteiger charge is 2.38. The summed E-state index contributed by atoms with van der Waals surface area (Å²) in [7, 11) is 0. The van der Waals surface area contributed by atoms with Gasteiger partial charge in [0.05, 0.1) is 17.6 Å². The van der Waals surface area contributed by atoms with Crippen LogP contribution in [0.15, 0.2) is 59.5 Å². The Labute approximate surface area is 203 Å². The van der Waals surface area contributed by atoms with Crippen LogP contribution in [0.3, 0.4) is 0 Å². The third-order valence-electron chi connectivity index (χ3n) is 5.83. The number of alkyl halides is 3. The number of oxazole rings is 1. The highest BCUT2D eigenvalue weighted by atomic mass is 19.4. The number of nitrogens with zero attached hydrogens (tertiary/aromatic N) is 4. The van der Waals surface area contributed by atoms with Gasteiger partial charge in [0.15, 0.2) is 11.4 Å². The zero-order chi connectivity index (χ0) is 25.3. The van der Waals surface area contributed by atoms with Crippen molar-refractivity contribution in [2.24, 2.45) is 5.92 Å². The Balaban J connectivity index is 1.35. The molecule has 1 aliphatic carbocycles. The third kappa shape index (κ3) is 5.19. The summed E-state index contributed by atoms with van der Waals surface area (Å²) >= 11 is 0. The van der Waals surface area contributed by atoms with Gasteiger partial charge in [-0.05, 0) is 55.2 Å². The molecule has 3 heterocycles. The average molecular weight is 495 g/mol. The number of carbonyl (C=O) groups excluding carboxylic acids is 2. The van der Waals surface area contributed by atoms with E-state index in [2.05, 4.69) is 20.4 Å². The van der Waals surface area contributed by atoms with Crippen LogP contribution in [-0.4, -0.2) is 31.9 Å². The molecule has 0 aliphatic heterocycles. The van der Waals surface area contributed by atoms with Crippen LogP contribution in [-0.2, 0) is 12.6 Å². The van der Waals surface area contributed by atoms with Crippen LogP contribution in [0.4, 0.5) is 18.9 Å². The number of hydrogen-bond donors (Lipinski definition) is 1. The summed E-state index contributed by atoms with van der Waals surface area (Å²) in [6.07, 6.45) is 3.95. The van der Waals surface area contributed by atoms with Gasteiger partial charge in [0.2, 0.25) is 5.89 Å². The van der Waals surface area contributed by atoms with Gasteiger partial charge in [-0.1, -0.05) is 12.8 Å². The van der Waals surface area contributed by atoms with Crippen LogP contribution in [0.25, 0.3) is 17.1 Å². The second kappa shape index (κ2) is 9.40. The Bertz CT molecular complexity index is 1410. The fraction of sp³-hybridized carbons (Fsp3) is 0.240. The minimum atomic E-state index is -4.82. The quantitative estimate of drug-likeness (QED) is 0.331. The largest absolute Gasteiger partial charge is 0.444 e. The molecule has 1 amide bonds. The maximum Gasteiger partial charge on any atom is 0.437 e. The fourth-order valence-electron chi connectivity index (χ4n) is 3.72. The van der Waals surface area contributed by atoms with E-state index < -0.39 is 23.5 Å². The van der Waals surface area contributed by atoms with Gasteiger partial charge in [0.1, 0.15) is 12.5 Å². The lowest BCUT2D eigenvalue weighted by atomic mass is 10.1. The number of pyridine rings is 1. The number of rotatable bonds is 8. The van der Waals surface area contributed by atoms with Crippen molar-refractivity contribution in [2.75, 3.05) is 5.32 Å². The third-order valence-corrected chi connectivity index (χ3v) is 5.83. The number of nitrogens with one attached hydrogen (secondary N) is 1. The van der Waals surface area contributed by atoms with E-state index in [4.69, 9.17) is 4.42 Å². The van der Waals surface area contributed by atoms with E-state index in [9.17, 15) is 22.8 Å². The van der Waals surface area contributed by atoms with Crippen molar-refractivity contribution >= 4 is 17.9 Å². The summed E-state index contributed by atoms with van der Waals surface area (Å²) < 4.78 is 47.2. The maximum atomic E-state index is 13.6. The van der Waals surface area contributed by atoms with Gasteiger partial charge < -0.3 is 9.73 Å². The number of halogens is 3. The number of carbonyl (C=O) groups is 2. The first-order chi connectivity index (χ1) is 17.3. The second-order valence-electron chi connectivity index (χ2n) is 8.55. The number of hydrogen-bond acceptors (Lipinski definition) is 6. The second-order valence-corrected chi connectivity index (χ2v) is 8.55. The molecule has 4 aromatic rings. The van der Waals surface area contributed by atoms with Crippen molar-refractivity contribution in [3.63, 3.8) is 0 Å². The van der Waals surface area contributed by atoms with Crippen LogP contribution in [0.5, 0.6) is 0 Å². The minimum absolute atomic E-state index is 0.164. The number of benzene rings is 1.